The second-order valence-electron chi connectivity index (χ2n) is 9.90. The molecule has 0 heterocycles. The molecule has 4 rings (SSSR count). The second kappa shape index (κ2) is 6.41. The average Bonchev–Trinajstić information content (AvgIpc) is 2.89. The van der Waals surface area contributed by atoms with E-state index in [1.807, 2.05) is 6.92 Å². The summed E-state index contributed by atoms with van der Waals surface area (Å²) >= 11 is 0. The average molecular weight is 363 g/mol. The third kappa shape index (κ3) is 2.47. The minimum Gasteiger partial charge on any atom is -0.390 e. The highest BCUT2D eigenvalue weighted by Crippen LogP contribution is 2.64. The van der Waals surface area contributed by atoms with Gasteiger partial charge in [0.05, 0.1) is 12.2 Å². The molecule has 0 aromatic rings. The monoisotopic (exact) mass is 362 g/mol. The first-order chi connectivity index (χ1) is 12.3. The van der Waals surface area contributed by atoms with Crippen molar-refractivity contribution in [3.63, 3.8) is 0 Å². The molecule has 4 nitrogen and oxygen atoms in total. The molecule has 0 spiro atoms. The highest BCUT2D eigenvalue weighted by atomic mass is 16.5. The Kier molecular flexibility index (Phi) is 4.59. The standard InChI is InChI=1S/C22H34O4/c1-4-11-26-20-15-6-5-13-14-7-8-18(25)22(14,3)12-17(24)19(13)21(15,2)10-9-16(20)23/h13-16,19-20,23H,4-12H2,1-3H3/t13-,14-,15-,16+,19+,20+,21-,22-/m0/s1. The van der Waals surface area contributed by atoms with Crippen LogP contribution in [0.1, 0.15) is 72.1 Å². The van der Waals surface area contributed by atoms with Crippen molar-refractivity contribution >= 4 is 11.6 Å². The molecule has 0 unspecified atom stereocenters. The molecule has 0 bridgehead atoms. The van der Waals surface area contributed by atoms with E-state index in [1.54, 1.807) is 0 Å². The first kappa shape index (κ1) is 18.6. The predicted octanol–water partition coefficient (Wildman–Crippen LogP) is 3.54. The third-order valence-electron chi connectivity index (χ3n) is 8.61. The summed E-state index contributed by atoms with van der Waals surface area (Å²) < 4.78 is 6.10. The van der Waals surface area contributed by atoms with E-state index < -0.39 is 11.5 Å². The summed E-state index contributed by atoms with van der Waals surface area (Å²) in [7, 11) is 0. The number of ether oxygens (including phenoxy) is 1. The summed E-state index contributed by atoms with van der Waals surface area (Å²) in [6, 6.07) is 0. The van der Waals surface area contributed by atoms with Crippen molar-refractivity contribution in [2.45, 2.75) is 84.3 Å². The van der Waals surface area contributed by atoms with Gasteiger partial charge in [-0.3, -0.25) is 9.59 Å². The zero-order chi connectivity index (χ0) is 18.7. The van der Waals surface area contributed by atoms with Crippen molar-refractivity contribution < 1.29 is 19.4 Å². The van der Waals surface area contributed by atoms with Crippen molar-refractivity contribution in [3.05, 3.63) is 0 Å². The fraction of sp³-hybridized carbons (Fsp3) is 0.909. The summed E-state index contributed by atoms with van der Waals surface area (Å²) in [6.07, 6.45) is 6.08. The van der Waals surface area contributed by atoms with Gasteiger partial charge in [-0.25, -0.2) is 0 Å². The molecule has 1 N–H and O–H groups in total. The molecule has 0 aromatic heterocycles. The van der Waals surface area contributed by atoms with Crippen LogP contribution in [0.25, 0.3) is 0 Å². The van der Waals surface area contributed by atoms with Crippen LogP contribution in [0.3, 0.4) is 0 Å². The maximum absolute atomic E-state index is 13.3. The zero-order valence-corrected chi connectivity index (χ0v) is 16.5. The molecular weight excluding hydrogens is 328 g/mol. The van der Waals surface area contributed by atoms with E-state index in [2.05, 4.69) is 13.8 Å². The Labute approximate surface area is 157 Å². The van der Waals surface area contributed by atoms with E-state index in [0.29, 0.717) is 42.9 Å². The van der Waals surface area contributed by atoms with Crippen LogP contribution >= 0.6 is 0 Å². The lowest BCUT2D eigenvalue weighted by Crippen LogP contribution is -2.61. The zero-order valence-electron chi connectivity index (χ0n) is 16.5. The largest absolute Gasteiger partial charge is 0.390 e. The lowest BCUT2D eigenvalue weighted by molar-refractivity contribution is -0.190. The van der Waals surface area contributed by atoms with Crippen molar-refractivity contribution in [2.75, 3.05) is 6.61 Å². The maximum atomic E-state index is 13.3. The van der Waals surface area contributed by atoms with Gasteiger partial charge >= 0.3 is 0 Å². The maximum Gasteiger partial charge on any atom is 0.139 e. The van der Waals surface area contributed by atoms with Gasteiger partial charge in [-0.1, -0.05) is 20.8 Å². The Morgan fingerprint density at radius 3 is 2.62 bits per heavy atom. The van der Waals surface area contributed by atoms with Crippen LogP contribution in [0.4, 0.5) is 0 Å². The van der Waals surface area contributed by atoms with Crippen molar-refractivity contribution in [1.29, 1.82) is 0 Å². The Hall–Kier alpha value is -0.740. The Morgan fingerprint density at radius 1 is 1.12 bits per heavy atom. The van der Waals surface area contributed by atoms with E-state index in [9.17, 15) is 14.7 Å². The molecule has 0 aliphatic heterocycles. The van der Waals surface area contributed by atoms with Crippen LogP contribution < -0.4 is 0 Å². The van der Waals surface area contributed by atoms with Crippen LogP contribution in [0, 0.1) is 34.5 Å². The Balaban J connectivity index is 1.66. The van der Waals surface area contributed by atoms with Crippen LogP contribution in [-0.2, 0) is 14.3 Å². The number of hydrogen-bond acceptors (Lipinski definition) is 4. The predicted molar refractivity (Wildman–Crippen MR) is 98.5 cm³/mol. The lowest BCUT2D eigenvalue weighted by Gasteiger charge is -2.60. The molecule has 146 valence electrons. The molecule has 4 fully saturated rings. The highest BCUT2D eigenvalue weighted by Gasteiger charge is 2.64. The van der Waals surface area contributed by atoms with Gasteiger partial charge in [-0.05, 0) is 61.7 Å². The number of Topliss-reactive ketones (excluding diaryl/α,β-unsaturated/α-hetero) is 2. The third-order valence-corrected chi connectivity index (χ3v) is 8.61. The summed E-state index contributed by atoms with van der Waals surface area (Å²) in [5.41, 5.74) is -0.502. The summed E-state index contributed by atoms with van der Waals surface area (Å²) in [5.74, 6) is 1.63. The van der Waals surface area contributed by atoms with Gasteiger partial charge in [0.1, 0.15) is 11.6 Å². The number of aliphatic hydroxyl groups excluding tert-OH is 1. The molecule has 8 atom stereocenters. The van der Waals surface area contributed by atoms with Gasteiger partial charge in [0.15, 0.2) is 0 Å². The Morgan fingerprint density at radius 2 is 1.88 bits per heavy atom. The van der Waals surface area contributed by atoms with E-state index in [4.69, 9.17) is 4.74 Å². The number of fused-ring (bicyclic) bond motifs is 5. The lowest BCUT2D eigenvalue weighted by atomic mass is 9.44. The van der Waals surface area contributed by atoms with Crippen molar-refractivity contribution in [2.24, 2.45) is 34.5 Å². The van der Waals surface area contributed by atoms with E-state index in [-0.39, 0.29) is 23.4 Å². The van der Waals surface area contributed by atoms with E-state index in [0.717, 1.165) is 38.5 Å². The normalized spacial score (nSPS) is 50.9. The van der Waals surface area contributed by atoms with Gasteiger partial charge in [0, 0.05) is 30.8 Å². The van der Waals surface area contributed by atoms with Gasteiger partial charge in [-0.2, -0.15) is 0 Å². The van der Waals surface area contributed by atoms with E-state index >= 15 is 0 Å². The Bertz CT molecular complexity index is 601. The fourth-order valence-electron chi connectivity index (χ4n) is 7.37. The summed E-state index contributed by atoms with van der Waals surface area (Å²) in [4.78, 5) is 25.8. The smallest absolute Gasteiger partial charge is 0.139 e. The molecule has 0 saturated heterocycles. The van der Waals surface area contributed by atoms with Crippen molar-refractivity contribution in [3.8, 4) is 0 Å². The number of carbonyl (C=O) groups excluding carboxylic acids is 2. The number of rotatable bonds is 3. The molecule has 4 saturated carbocycles. The topological polar surface area (TPSA) is 63.6 Å². The van der Waals surface area contributed by atoms with Crippen LogP contribution in [0.15, 0.2) is 0 Å². The molecule has 26 heavy (non-hydrogen) atoms. The fourth-order valence-corrected chi connectivity index (χ4v) is 7.37. The summed E-state index contributed by atoms with van der Waals surface area (Å²) in [6.45, 7) is 7.09. The second-order valence-corrected chi connectivity index (χ2v) is 9.90. The SMILES string of the molecule is CCCO[C@H]1[C@H](O)CC[C@@]2(C)[C@H]1CC[C@@H]1[C@@H]2C(=O)C[C@]2(C)C(=O)CC[C@@H]12. The summed E-state index contributed by atoms with van der Waals surface area (Å²) in [5, 5.41) is 10.6. The van der Waals surface area contributed by atoms with E-state index in [1.165, 1.54) is 0 Å². The molecule has 4 heteroatoms. The number of ketones is 2. The van der Waals surface area contributed by atoms with Gasteiger partial charge < -0.3 is 9.84 Å². The van der Waals surface area contributed by atoms with Gasteiger partial charge in [-0.15, -0.1) is 0 Å². The molecule has 4 aliphatic rings. The molecule has 0 amide bonds. The first-order valence-electron chi connectivity index (χ1n) is 10.7. The molecule has 4 aliphatic carbocycles. The highest BCUT2D eigenvalue weighted by molar-refractivity contribution is 5.95. The molecule has 0 aromatic carbocycles. The number of aliphatic hydroxyl groups is 1. The van der Waals surface area contributed by atoms with Gasteiger partial charge in [0.25, 0.3) is 0 Å². The minimum atomic E-state index is -0.409. The van der Waals surface area contributed by atoms with Crippen LogP contribution in [-0.4, -0.2) is 35.5 Å². The van der Waals surface area contributed by atoms with Crippen molar-refractivity contribution in [1.82, 2.24) is 0 Å². The van der Waals surface area contributed by atoms with Crippen LogP contribution in [0.2, 0.25) is 0 Å². The number of carbonyl (C=O) groups is 2. The first-order valence-corrected chi connectivity index (χ1v) is 10.7. The quantitative estimate of drug-likeness (QED) is 0.834. The van der Waals surface area contributed by atoms with Gasteiger partial charge in [0.2, 0.25) is 0 Å². The molecular formula is C22H34O4. The molecule has 0 radical (unpaired) electrons. The van der Waals surface area contributed by atoms with Crippen LogP contribution in [0.5, 0.6) is 0 Å². The number of hydrogen-bond donors (Lipinski definition) is 1. The minimum absolute atomic E-state index is 0.0467.